The summed E-state index contributed by atoms with van der Waals surface area (Å²) in [7, 11) is -2.72. The number of rotatable bonds is 10. The quantitative estimate of drug-likeness (QED) is 0.289. The third kappa shape index (κ3) is 6.27. The highest BCUT2D eigenvalue weighted by Crippen LogP contribution is 2.36. The second kappa shape index (κ2) is 12.8. The minimum Gasteiger partial charge on any atom is -0.447 e. The number of nitrogens with zero attached hydrogens (tertiary/aromatic N) is 1. The van der Waals surface area contributed by atoms with Gasteiger partial charge in [0.2, 0.25) is 5.91 Å². The Kier molecular flexibility index (Phi) is 9.40. The molecule has 1 N–H and O–H groups in total. The summed E-state index contributed by atoms with van der Waals surface area (Å²) in [6.07, 6.45) is 2.12. The van der Waals surface area contributed by atoms with Crippen LogP contribution in [0.4, 0.5) is 4.79 Å². The number of carbonyl (C=O) groups is 2. The van der Waals surface area contributed by atoms with Crippen molar-refractivity contribution in [1.82, 2.24) is 4.90 Å². The lowest BCUT2D eigenvalue weighted by Gasteiger charge is -2.42. The zero-order chi connectivity index (χ0) is 28.8. The summed E-state index contributed by atoms with van der Waals surface area (Å²) in [5.74, 6) is -1.28. The number of imide groups is 1. The van der Waals surface area contributed by atoms with Gasteiger partial charge in [-0.15, -0.1) is 0 Å². The van der Waals surface area contributed by atoms with Gasteiger partial charge >= 0.3 is 6.09 Å². The number of hydrogen-bond donors (Lipinski definition) is 1. The second-order valence-corrected chi connectivity index (χ2v) is 15.6. The maximum absolute atomic E-state index is 13.3. The maximum Gasteiger partial charge on any atom is 0.416 e. The highest BCUT2D eigenvalue weighted by atomic mass is 28.4. The molecule has 1 heterocycles. The van der Waals surface area contributed by atoms with E-state index < -0.39 is 38.4 Å². The highest BCUT2D eigenvalue weighted by molar-refractivity contribution is 6.99. The van der Waals surface area contributed by atoms with E-state index in [0.717, 1.165) is 10.5 Å². The van der Waals surface area contributed by atoms with Gasteiger partial charge in [-0.2, -0.15) is 0 Å². The lowest BCUT2D eigenvalue weighted by Crippen LogP contribution is -2.66. The van der Waals surface area contributed by atoms with Crippen molar-refractivity contribution in [1.29, 1.82) is 0 Å². The van der Waals surface area contributed by atoms with Crippen molar-refractivity contribution < 1.29 is 23.9 Å². The van der Waals surface area contributed by atoms with Crippen LogP contribution in [0.2, 0.25) is 5.04 Å². The molecular formula is C33H39NO5Si. The van der Waals surface area contributed by atoms with Crippen LogP contribution in [0.15, 0.2) is 103 Å². The van der Waals surface area contributed by atoms with E-state index in [-0.39, 0.29) is 18.3 Å². The molecule has 0 saturated carbocycles. The van der Waals surface area contributed by atoms with Crippen molar-refractivity contribution in [3.05, 3.63) is 109 Å². The molecule has 1 aliphatic rings. The van der Waals surface area contributed by atoms with E-state index in [9.17, 15) is 14.7 Å². The highest BCUT2D eigenvalue weighted by Gasteiger charge is 2.50. The van der Waals surface area contributed by atoms with Crippen LogP contribution in [0.5, 0.6) is 0 Å². The Morgan fingerprint density at radius 1 is 1.00 bits per heavy atom. The van der Waals surface area contributed by atoms with Crippen molar-refractivity contribution >= 4 is 30.7 Å². The summed E-state index contributed by atoms with van der Waals surface area (Å²) in [6, 6.07) is 30.0. The molecule has 3 atom stereocenters. The molecule has 210 valence electrons. The van der Waals surface area contributed by atoms with Crippen molar-refractivity contribution in [2.45, 2.75) is 51.3 Å². The van der Waals surface area contributed by atoms with Crippen LogP contribution in [0, 0.1) is 5.92 Å². The molecule has 1 fully saturated rings. The SMILES string of the molecule is C[C@@H](C(=O)N1C(=O)OC[C@H]1Cc1ccccc1)[C@@H](O)/C=C/CO[Si](c1ccccc1)(c1ccccc1)C(C)(C)C. The van der Waals surface area contributed by atoms with Gasteiger partial charge in [0.1, 0.15) is 6.61 Å². The summed E-state index contributed by atoms with van der Waals surface area (Å²) in [4.78, 5) is 26.9. The Morgan fingerprint density at radius 2 is 1.52 bits per heavy atom. The Hall–Kier alpha value is -3.52. The van der Waals surface area contributed by atoms with E-state index in [1.165, 1.54) is 10.4 Å². The van der Waals surface area contributed by atoms with Crippen molar-refractivity contribution in [2.24, 2.45) is 5.92 Å². The normalized spacial score (nSPS) is 17.6. The lowest BCUT2D eigenvalue weighted by molar-refractivity contribution is -0.135. The molecule has 0 aromatic heterocycles. The second-order valence-electron chi connectivity index (χ2n) is 11.3. The molecule has 40 heavy (non-hydrogen) atoms. The number of ether oxygens (including phenoxy) is 1. The Balaban J connectivity index is 1.48. The van der Waals surface area contributed by atoms with Crippen molar-refractivity contribution in [3.63, 3.8) is 0 Å². The predicted octanol–water partition coefficient (Wildman–Crippen LogP) is 4.71. The van der Waals surface area contributed by atoms with Crippen LogP contribution in [-0.2, 0) is 20.4 Å². The molecule has 4 rings (SSSR count). The van der Waals surface area contributed by atoms with Gasteiger partial charge in [-0.3, -0.25) is 4.79 Å². The first-order valence-electron chi connectivity index (χ1n) is 13.8. The fraction of sp³-hybridized carbons (Fsp3) is 0.333. The van der Waals surface area contributed by atoms with Gasteiger partial charge in [0.25, 0.3) is 8.32 Å². The first kappa shape index (κ1) is 29.5. The fourth-order valence-corrected chi connectivity index (χ4v) is 9.93. The third-order valence-electron chi connectivity index (χ3n) is 7.56. The lowest BCUT2D eigenvalue weighted by atomic mass is 10.00. The number of aliphatic hydroxyl groups excluding tert-OH is 1. The van der Waals surface area contributed by atoms with Crippen LogP contribution in [0.1, 0.15) is 33.3 Å². The standard InChI is InChI=1S/C33H39NO5Si/c1-25(31(36)34-27(24-38-32(34)37)23-26-15-8-5-9-16-26)30(35)21-14-22-39-40(33(2,3)4,28-17-10-6-11-18-28)29-19-12-7-13-20-29/h5-21,25,27,30,35H,22-24H2,1-4H3/b21-14+/t25-,27-,30+/m1/s1. The minimum atomic E-state index is -2.72. The molecule has 3 aromatic carbocycles. The summed E-state index contributed by atoms with van der Waals surface area (Å²) in [5.41, 5.74) is 1.01. The number of benzene rings is 3. The smallest absolute Gasteiger partial charge is 0.416 e. The van der Waals surface area contributed by atoms with E-state index in [1.807, 2.05) is 66.7 Å². The van der Waals surface area contributed by atoms with Crippen LogP contribution in [0.3, 0.4) is 0 Å². The van der Waals surface area contributed by atoms with E-state index in [0.29, 0.717) is 6.42 Å². The van der Waals surface area contributed by atoms with Gasteiger partial charge in [0.05, 0.1) is 24.7 Å². The predicted molar refractivity (Wildman–Crippen MR) is 160 cm³/mol. The Bertz CT molecular complexity index is 1250. The average Bonchev–Trinajstić information content (AvgIpc) is 3.32. The number of carbonyl (C=O) groups excluding carboxylic acids is 2. The molecule has 0 spiro atoms. The van der Waals surface area contributed by atoms with Crippen LogP contribution >= 0.6 is 0 Å². The zero-order valence-electron chi connectivity index (χ0n) is 23.7. The fourth-order valence-electron chi connectivity index (χ4n) is 5.43. The minimum absolute atomic E-state index is 0.143. The summed E-state index contributed by atoms with van der Waals surface area (Å²) in [6.45, 7) is 8.67. The summed E-state index contributed by atoms with van der Waals surface area (Å²) >= 11 is 0. The molecule has 2 amide bonds. The van der Waals surface area contributed by atoms with Gasteiger partial charge in [-0.25, -0.2) is 9.69 Å². The monoisotopic (exact) mass is 557 g/mol. The van der Waals surface area contributed by atoms with E-state index in [2.05, 4.69) is 45.0 Å². The maximum atomic E-state index is 13.3. The van der Waals surface area contributed by atoms with Crippen LogP contribution in [-0.4, -0.2) is 55.7 Å². The third-order valence-corrected chi connectivity index (χ3v) is 12.6. The summed E-state index contributed by atoms with van der Waals surface area (Å²) < 4.78 is 12.0. The Morgan fingerprint density at radius 3 is 2.05 bits per heavy atom. The van der Waals surface area contributed by atoms with Gasteiger partial charge in [0.15, 0.2) is 0 Å². The number of hydrogen-bond acceptors (Lipinski definition) is 5. The van der Waals surface area contributed by atoms with Gasteiger partial charge in [-0.05, 0) is 27.4 Å². The molecular weight excluding hydrogens is 518 g/mol. The molecule has 1 saturated heterocycles. The molecule has 1 aliphatic heterocycles. The van der Waals surface area contributed by atoms with Crippen molar-refractivity contribution in [3.8, 4) is 0 Å². The van der Waals surface area contributed by atoms with E-state index >= 15 is 0 Å². The van der Waals surface area contributed by atoms with Gasteiger partial charge in [-0.1, -0.05) is 131 Å². The number of cyclic esters (lactones) is 1. The topological polar surface area (TPSA) is 76.1 Å². The molecule has 7 heteroatoms. The van der Waals surface area contributed by atoms with Gasteiger partial charge in [0, 0.05) is 0 Å². The van der Waals surface area contributed by atoms with E-state index in [4.69, 9.17) is 9.16 Å². The van der Waals surface area contributed by atoms with E-state index in [1.54, 1.807) is 19.1 Å². The zero-order valence-corrected chi connectivity index (χ0v) is 24.7. The van der Waals surface area contributed by atoms with Gasteiger partial charge < -0.3 is 14.3 Å². The largest absolute Gasteiger partial charge is 0.447 e. The molecule has 0 bridgehead atoms. The van der Waals surface area contributed by atoms with Crippen molar-refractivity contribution in [2.75, 3.05) is 13.2 Å². The average molecular weight is 558 g/mol. The number of amides is 2. The number of aliphatic hydroxyl groups is 1. The molecule has 3 aromatic rings. The molecule has 0 radical (unpaired) electrons. The summed E-state index contributed by atoms with van der Waals surface area (Å²) in [5, 5.41) is 13.1. The first-order valence-corrected chi connectivity index (χ1v) is 15.7. The molecule has 0 aliphatic carbocycles. The first-order chi connectivity index (χ1) is 19.1. The van der Waals surface area contributed by atoms with Crippen LogP contribution in [0.25, 0.3) is 0 Å². The Labute approximate surface area is 238 Å². The van der Waals surface area contributed by atoms with Crippen LogP contribution < -0.4 is 10.4 Å². The molecule has 6 nitrogen and oxygen atoms in total. The molecule has 0 unspecified atom stereocenters.